The average Bonchev–Trinajstić information content (AvgIpc) is 2.34. The number of nitrogens with zero attached hydrogens (tertiary/aromatic N) is 1. The fourth-order valence-corrected chi connectivity index (χ4v) is 1.97. The molecule has 0 N–H and O–H groups in total. The lowest BCUT2D eigenvalue weighted by atomic mass is 10.2. The van der Waals surface area contributed by atoms with Crippen molar-refractivity contribution in [3.05, 3.63) is 57.3 Å². The third kappa shape index (κ3) is 2.63. The van der Waals surface area contributed by atoms with Gasteiger partial charge in [0.15, 0.2) is 0 Å². The fourth-order valence-electron chi connectivity index (χ4n) is 1.37. The maximum absolute atomic E-state index is 13.0. The van der Waals surface area contributed by atoms with E-state index in [1.165, 1.54) is 18.2 Å². The lowest BCUT2D eigenvalue weighted by molar-refractivity contribution is 0.478. The molecule has 0 saturated carbocycles. The lowest BCUT2D eigenvalue weighted by Gasteiger charge is -2.08. The Morgan fingerprint density at radius 1 is 1.28 bits per heavy atom. The first-order chi connectivity index (χ1) is 8.61. The number of hydrogen-bond acceptors (Lipinski definition) is 2. The first-order valence-electron chi connectivity index (χ1n) is 4.93. The first-order valence-corrected chi connectivity index (χ1v) is 6.10. The number of nitriles is 1. The SMILES string of the molecule is N#Cc1c(Br)cccc1Oc1ccc(F)c(Cl)c1. The van der Waals surface area contributed by atoms with Gasteiger partial charge < -0.3 is 4.74 Å². The first kappa shape index (κ1) is 12.9. The number of benzene rings is 2. The van der Waals surface area contributed by atoms with Gasteiger partial charge in [-0.2, -0.15) is 5.26 Å². The third-order valence-corrected chi connectivity index (χ3v) is 3.16. The van der Waals surface area contributed by atoms with Gasteiger partial charge in [-0.15, -0.1) is 0 Å². The molecule has 0 aromatic heterocycles. The molecule has 2 nitrogen and oxygen atoms in total. The summed E-state index contributed by atoms with van der Waals surface area (Å²) in [5.74, 6) is 0.240. The van der Waals surface area contributed by atoms with E-state index < -0.39 is 5.82 Å². The minimum atomic E-state index is -0.515. The average molecular weight is 327 g/mol. The number of ether oxygens (including phenoxy) is 1. The van der Waals surface area contributed by atoms with Gasteiger partial charge in [0.25, 0.3) is 0 Å². The second kappa shape index (κ2) is 5.38. The Hall–Kier alpha value is -1.57. The van der Waals surface area contributed by atoms with Gasteiger partial charge in [-0.3, -0.25) is 0 Å². The molecule has 0 atom stereocenters. The quantitative estimate of drug-likeness (QED) is 0.786. The highest BCUT2D eigenvalue weighted by Crippen LogP contribution is 2.31. The van der Waals surface area contributed by atoms with Gasteiger partial charge in [0.2, 0.25) is 0 Å². The molecule has 0 bridgehead atoms. The van der Waals surface area contributed by atoms with Crippen molar-refractivity contribution in [1.82, 2.24) is 0 Å². The zero-order valence-electron chi connectivity index (χ0n) is 8.95. The molecular formula is C13H6BrClFNO. The summed E-state index contributed by atoms with van der Waals surface area (Å²) in [6.45, 7) is 0. The van der Waals surface area contributed by atoms with Gasteiger partial charge in [0.05, 0.1) is 5.02 Å². The van der Waals surface area contributed by atoms with Crippen LogP contribution in [-0.4, -0.2) is 0 Å². The summed E-state index contributed by atoms with van der Waals surface area (Å²) in [4.78, 5) is 0. The van der Waals surface area contributed by atoms with Crippen molar-refractivity contribution in [2.75, 3.05) is 0 Å². The molecule has 0 aliphatic rings. The molecule has 90 valence electrons. The van der Waals surface area contributed by atoms with Crippen LogP contribution < -0.4 is 4.74 Å². The number of halogens is 3. The second-order valence-corrected chi connectivity index (χ2v) is 4.66. The molecule has 2 aromatic rings. The summed E-state index contributed by atoms with van der Waals surface area (Å²) in [6.07, 6.45) is 0. The molecule has 0 amide bonds. The molecule has 0 saturated heterocycles. The van der Waals surface area contributed by atoms with E-state index in [0.717, 1.165) is 0 Å². The van der Waals surface area contributed by atoms with Gasteiger partial charge in [0, 0.05) is 10.5 Å². The topological polar surface area (TPSA) is 33.0 Å². The molecule has 0 aliphatic carbocycles. The monoisotopic (exact) mass is 325 g/mol. The van der Waals surface area contributed by atoms with E-state index in [-0.39, 0.29) is 5.02 Å². The van der Waals surface area contributed by atoms with Crippen molar-refractivity contribution >= 4 is 27.5 Å². The standard InChI is InChI=1S/C13H6BrClFNO/c14-10-2-1-3-13(9(10)7-17)18-8-4-5-12(16)11(15)6-8/h1-6H. The summed E-state index contributed by atoms with van der Waals surface area (Å²) in [7, 11) is 0. The minimum Gasteiger partial charge on any atom is -0.456 e. The maximum Gasteiger partial charge on any atom is 0.146 e. The molecule has 0 fully saturated rings. The van der Waals surface area contributed by atoms with Crippen LogP contribution in [0.15, 0.2) is 40.9 Å². The Balaban J connectivity index is 2.37. The molecule has 5 heteroatoms. The summed E-state index contributed by atoms with van der Waals surface area (Å²) in [5.41, 5.74) is 0.373. The predicted molar refractivity (Wildman–Crippen MR) is 70.3 cm³/mol. The highest BCUT2D eigenvalue weighted by Gasteiger charge is 2.09. The van der Waals surface area contributed by atoms with Crippen LogP contribution in [0.5, 0.6) is 11.5 Å². The van der Waals surface area contributed by atoms with Crippen LogP contribution in [0.25, 0.3) is 0 Å². The molecule has 18 heavy (non-hydrogen) atoms. The van der Waals surface area contributed by atoms with Crippen molar-refractivity contribution in [2.45, 2.75) is 0 Å². The summed E-state index contributed by atoms with van der Waals surface area (Å²) in [6, 6.07) is 11.2. The lowest BCUT2D eigenvalue weighted by Crippen LogP contribution is -1.90. The molecule has 0 unspecified atom stereocenters. The van der Waals surface area contributed by atoms with Crippen molar-refractivity contribution in [2.24, 2.45) is 0 Å². The Morgan fingerprint density at radius 3 is 2.72 bits per heavy atom. The smallest absolute Gasteiger partial charge is 0.146 e. The molecule has 2 rings (SSSR count). The summed E-state index contributed by atoms with van der Waals surface area (Å²) >= 11 is 8.91. The number of rotatable bonds is 2. The van der Waals surface area contributed by atoms with Crippen molar-refractivity contribution in [1.29, 1.82) is 5.26 Å². The Bertz CT molecular complexity index is 639. The van der Waals surface area contributed by atoms with Crippen LogP contribution >= 0.6 is 27.5 Å². The number of hydrogen-bond donors (Lipinski definition) is 0. The van der Waals surface area contributed by atoms with Gasteiger partial charge in [-0.1, -0.05) is 17.7 Å². The maximum atomic E-state index is 13.0. The Kier molecular flexibility index (Phi) is 3.85. The zero-order chi connectivity index (χ0) is 13.1. The highest BCUT2D eigenvalue weighted by atomic mass is 79.9. The van der Waals surface area contributed by atoms with Crippen molar-refractivity contribution in [3.63, 3.8) is 0 Å². The van der Waals surface area contributed by atoms with E-state index in [2.05, 4.69) is 15.9 Å². The summed E-state index contributed by atoms with van der Waals surface area (Å²) < 4.78 is 19.1. The van der Waals surface area contributed by atoms with Gasteiger partial charge in [-0.05, 0) is 40.2 Å². The van der Waals surface area contributed by atoms with Crippen molar-refractivity contribution < 1.29 is 9.13 Å². The second-order valence-electron chi connectivity index (χ2n) is 3.40. The third-order valence-electron chi connectivity index (χ3n) is 2.21. The molecule has 2 aromatic carbocycles. The Morgan fingerprint density at radius 2 is 2.06 bits per heavy atom. The van der Waals surface area contributed by atoms with Gasteiger partial charge in [-0.25, -0.2) is 4.39 Å². The molecule has 0 heterocycles. The van der Waals surface area contributed by atoms with Crippen LogP contribution in [0.2, 0.25) is 5.02 Å². The van der Waals surface area contributed by atoms with E-state index in [0.29, 0.717) is 21.5 Å². The van der Waals surface area contributed by atoms with E-state index in [4.69, 9.17) is 21.6 Å². The van der Waals surface area contributed by atoms with Crippen LogP contribution in [0.4, 0.5) is 4.39 Å². The van der Waals surface area contributed by atoms with E-state index in [1.54, 1.807) is 18.2 Å². The highest BCUT2D eigenvalue weighted by molar-refractivity contribution is 9.10. The molecular weight excluding hydrogens is 321 g/mol. The van der Waals surface area contributed by atoms with Gasteiger partial charge in [0.1, 0.15) is 28.9 Å². The van der Waals surface area contributed by atoms with Crippen LogP contribution in [0.3, 0.4) is 0 Å². The molecule has 0 radical (unpaired) electrons. The van der Waals surface area contributed by atoms with Gasteiger partial charge >= 0.3 is 0 Å². The van der Waals surface area contributed by atoms with E-state index >= 15 is 0 Å². The van der Waals surface area contributed by atoms with Crippen molar-refractivity contribution in [3.8, 4) is 17.6 Å². The normalized spacial score (nSPS) is 9.89. The van der Waals surface area contributed by atoms with Crippen LogP contribution in [0.1, 0.15) is 5.56 Å². The van der Waals surface area contributed by atoms with E-state index in [1.807, 2.05) is 6.07 Å². The molecule has 0 aliphatic heterocycles. The zero-order valence-corrected chi connectivity index (χ0v) is 11.3. The van der Waals surface area contributed by atoms with E-state index in [9.17, 15) is 4.39 Å². The van der Waals surface area contributed by atoms with Crippen LogP contribution in [-0.2, 0) is 0 Å². The Labute approximate surface area is 117 Å². The fraction of sp³-hybridized carbons (Fsp3) is 0. The summed E-state index contributed by atoms with van der Waals surface area (Å²) in [5, 5.41) is 9.00. The largest absolute Gasteiger partial charge is 0.456 e. The van der Waals surface area contributed by atoms with Crippen LogP contribution in [0, 0.1) is 17.1 Å². The molecule has 0 spiro atoms. The minimum absolute atomic E-state index is 0.0268. The predicted octanol–water partition coefficient (Wildman–Crippen LogP) is 4.91.